The van der Waals surface area contributed by atoms with E-state index in [-0.39, 0.29) is 5.82 Å². The van der Waals surface area contributed by atoms with Crippen LogP contribution in [-0.2, 0) is 16.6 Å². The van der Waals surface area contributed by atoms with E-state index < -0.39 is 28.0 Å². The summed E-state index contributed by atoms with van der Waals surface area (Å²) in [4.78, 5) is 3.55. The van der Waals surface area contributed by atoms with Crippen LogP contribution in [0.5, 0.6) is 0 Å². The standard InChI is InChI=1S/C6H9F2N3O2S/c1-4-10-6(14(9,12)13)3-11(4)2-5(7)8/h3,5H,2H2,1H3,(H2,9,12,13). The maximum Gasteiger partial charge on any atom is 0.257 e. The van der Waals surface area contributed by atoms with Gasteiger partial charge in [0.1, 0.15) is 5.82 Å². The molecule has 0 saturated heterocycles. The zero-order valence-electron chi connectivity index (χ0n) is 7.31. The number of nitrogens with zero attached hydrogens (tertiary/aromatic N) is 2. The van der Waals surface area contributed by atoms with Crippen LogP contribution in [0.15, 0.2) is 11.2 Å². The Balaban J connectivity index is 3.06. The van der Waals surface area contributed by atoms with E-state index in [9.17, 15) is 17.2 Å². The maximum atomic E-state index is 12.0. The van der Waals surface area contributed by atoms with Crippen LogP contribution >= 0.6 is 0 Å². The normalized spacial score (nSPS) is 12.4. The number of alkyl halides is 2. The first-order chi connectivity index (χ1) is 6.30. The fraction of sp³-hybridized carbons (Fsp3) is 0.500. The topological polar surface area (TPSA) is 78.0 Å². The summed E-state index contributed by atoms with van der Waals surface area (Å²) in [6, 6.07) is 0. The minimum Gasteiger partial charge on any atom is -0.328 e. The molecule has 0 unspecified atom stereocenters. The molecule has 1 aromatic rings. The van der Waals surface area contributed by atoms with E-state index >= 15 is 0 Å². The highest BCUT2D eigenvalue weighted by molar-refractivity contribution is 7.89. The molecule has 0 radical (unpaired) electrons. The predicted molar refractivity (Wildman–Crippen MR) is 44.3 cm³/mol. The minimum absolute atomic E-state index is 0.189. The van der Waals surface area contributed by atoms with E-state index in [1.54, 1.807) is 0 Å². The second kappa shape index (κ2) is 3.62. The van der Waals surface area contributed by atoms with Crippen molar-refractivity contribution < 1.29 is 17.2 Å². The van der Waals surface area contributed by atoms with Gasteiger partial charge >= 0.3 is 0 Å². The van der Waals surface area contributed by atoms with Crippen LogP contribution in [0.1, 0.15) is 5.82 Å². The van der Waals surface area contributed by atoms with Crippen molar-refractivity contribution in [2.24, 2.45) is 5.14 Å². The summed E-state index contributed by atoms with van der Waals surface area (Å²) in [5.41, 5.74) is 0. The Labute approximate surface area is 79.6 Å². The molecule has 0 spiro atoms. The molecule has 1 aromatic heterocycles. The Morgan fingerprint density at radius 1 is 1.64 bits per heavy atom. The van der Waals surface area contributed by atoms with Gasteiger partial charge in [-0.15, -0.1) is 0 Å². The Morgan fingerprint density at radius 2 is 2.21 bits per heavy atom. The summed E-state index contributed by atoms with van der Waals surface area (Å²) in [5, 5.41) is 4.39. The number of aromatic nitrogens is 2. The molecule has 0 aliphatic rings. The SMILES string of the molecule is Cc1nc(S(N)(=O)=O)cn1CC(F)F. The Hall–Kier alpha value is -1.02. The van der Waals surface area contributed by atoms with Crippen molar-refractivity contribution in [3.8, 4) is 0 Å². The van der Waals surface area contributed by atoms with Gasteiger partial charge in [-0.1, -0.05) is 0 Å². The lowest BCUT2D eigenvalue weighted by molar-refractivity contribution is 0.125. The minimum atomic E-state index is -3.92. The average Bonchev–Trinajstić information content (AvgIpc) is 2.30. The first-order valence-corrected chi connectivity index (χ1v) is 5.20. The van der Waals surface area contributed by atoms with Gasteiger partial charge in [-0.05, 0) is 6.92 Å². The molecule has 0 atom stereocenters. The Bertz CT molecular complexity index is 426. The maximum absolute atomic E-state index is 12.0. The average molecular weight is 225 g/mol. The highest BCUT2D eigenvalue weighted by Gasteiger charge is 2.15. The van der Waals surface area contributed by atoms with Gasteiger partial charge in [0.2, 0.25) is 0 Å². The summed E-state index contributed by atoms with van der Waals surface area (Å²) in [6.45, 7) is 0.839. The third kappa shape index (κ3) is 2.48. The number of halogens is 2. The second-order valence-electron chi connectivity index (χ2n) is 2.71. The quantitative estimate of drug-likeness (QED) is 0.792. The van der Waals surface area contributed by atoms with Gasteiger partial charge in [0.05, 0.1) is 6.54 Å². The molecule has 2 N–H and O–H groups in total. The molecule has 14 heavy (non-hydrogen) atoms. The third-order valence-electron chi connectivity index (χ3n) is 1.58. The van der Waals surface area contributed by atoms with E-state index in [2.05, 4.69) is 4.98 Å². The van der Waals surface area contributed by atoms with Gasteiger partial charge in [0.15, 0.2) is 5.03 Å². The molecule has 80 valence electrons. The van der Waals surface area contributed by atoms with E-state index in [1.165, 1.54) is 6.92 Å². The molecule has 1 heterocycles. The van der Waals surface area contributed by atoms with Gasteiger partial charge < -0.3 is 4.57 Å². The smallest absolute Gasteiger partial charge is 0.257 e. The number of hydrogen-bond donors (Lipinski definition) is 1. The summed E-state index contributed by atoms with van der Waals surface area (Å²) >= 11 is 0. The van der Waals surface area contributed by atoms with Crippen LogP contribution in [0.4, 0.5) is 8.78 Å². The zero-order valence-corrected chi connectivity index (χ0v) is 8.13. The van der Waals surface area contributed by atoms with Gasteiger partial charge in [-0.3, -0.25) is 0 Å². The molecule has 0 bridgehead atoms. The van der Waals surface area contributed by atoms with Crippen LogP contribution in [-0.4, -0.2) is 24.4 Å². The summed E-state index contributed by atoms with van der Waals surface area (Å²) in [5.74, 6) is 0.189. The molecule has 0 aliphatic carbocycles. The van der Waals surface area contributed by atoms with Crippen molar-refractivity contribution in [1.29, 1.82) is 0 Å². The largest absolute Gasteiger partial charge is 0.328 e. The number of hydrogen-bond acceptors (Lipinski definition) is 3. The molecule has 0 aliphatic heterocycles. The zero-order chi connectivity index (χ0) is 10.9. The van der Waals surface area contributed by atoms with Gasteiger partial charge in [0.25, 0.3) is 16.4 Å². The molecular weight excluding hydrogens is 216 g/mol. The second-order valence-corrected chi connectivity index (χ2v) is 4.22. The number of nitrogens with two attached hydrogens (primary N) is 1. The van der Waals surface area contributed by atoms with Crippen LogP contribution in [0.2, 0.25) is 0 Å². The lowest BCUT2D eigenvalue weighted by Crippen LogP contribution is -2.12. The summed E-state index contributed by atoms with van der Waals surface area (Å²) < 4.78 is 46.6. The van der Waals surface area contributed by atoms with Crippen molar-refractivity contribution in [3.05, 3.63) is 12.0 Å². The molecule has 8 heteroatoms. The number of sulfonamides is 1. The number of primary sulfonamides is 1. The third-order valence-corrected chi connectivity index (χ3v) is 2.36. The number of aryl methyl sites for hydroxylation is 1. The molecule has 5 nitrogen and oxygen atoms in total. The molecule has 0 saturated carbocycles. The highest BCUT2D eigenvalue weighted by Crippen LogP contribution is 2.09. The summed E-state index contributed by atoms with van der Waals surface area (Å²) in [6.07, 6.45) is -1.56. The molecular formula is C6H9F2N3O2S. The van der Waals surface area contributed by atoms with Crippen molar-refractivity contribution in [1.82, 2.24) is 9.55 Å². The monoisotopic (exact) mass is 225 g/mol. The van der Waals surface area contributed by atoms with Crippen molar-refractivity contribution in [3.63, 3.8) is 0 Å². The van der Waals surface area contributed by atoms with Crippen LogP contribution in [0.3, 0.4) is 0 Å². The first-order valence-electron chi connectivity index (χ1n) is 3.65. The lowest BCUT2D eigenvalue weighted by Gasteiger charge is -2.01. The number of rotatable bonds is 3. The van der Waals surface area contributed by atoms with Crippen molar-refractivity contribution >= 4 is 10.0 Å². The van der Waals surface area contributed by atoms with E-state index in [1.807, 2.05) is 0 Å². The van der Waals surface area contributed by atoms with Gasteiger partial charge in [-0.2, -0.15) is 0 Å². The predicted octanol–water partition coefficient (Wildman–Crippen LogP) is 0.104. The first kappa shape index (κ1) is 11.1. The highest BCUT2D eigenvalue weighted by atomic mass is 32.2. The molecule has 0 amide bonds. The lowest BCUT2D eigenvalue weighted by atomic mass is 10.6. The van der Waals surface area contributed by atoms with Crippen molar-refractivity contribution in [2.75, 3.05) is 0 Å². The van der Waals surface area contributed by atoms with E-state index in [0.29, 0.717) is 0 Å². The molecule has 0 aromatic carbocycles. The molecule has 1 rings (SSSR count). The van der Waals surface area contributed by atoms with Crippen LogP contribution < -0.4 is 5.14 Å². The van der Waals surface area contributed by atoms with Gasteiger partial charge in [0, 0.05) is 6.20 Å². The number of imidazole rings is 1. The summed E-state index contributed by atoms with van der Waals surface area (Å²) in [7, 11) is -3.92. The fourth-order valence-corrected chi connectivity index (χ4v) is 1.48. The van der Waals surface area contributed by atoms with Crippen molar-refractivity contribution in [2.45, 2.75) is 24.9 Å². The van der Waals surface area contributed by atoms with E-state index in [0.717, 1.165) is 10.8 Å². The van der Waals surface area contributed by atoms with Crippen LogP contribution in [0.25, 0.3) is 0 Å². The molecule has 0 fully saturated rings. The van der Waals surface area contributed by atoms with Gasteiger partial charge in [-0.25, -0.2) is 27.3 Å². The van der Waals surface area contributed by atoms with E-state index in [4.69, 9.17) is 5.14 Å². The Morgan fingerprint density at radius 3 is 2.57 bits per heavy atom. The Kier molecular flexibility index (Phi) is 2.86. The van der Waals surface area contributed by atoms with Crippen LogP contribution in [0, 0.1) is 6.92 Å². The fourth-order valence-electron chi connectivity index (χ4n) is 0.950.